The van der Waals surface area contributed by atoms with E-state index < -0.39 is 0 Å². The molecule has 1 aromatic carbocycles. The van der Waals surface area contributed by atoms with Crippen LogP contribution in [0.25, 0.3) is 0 Å². The Kier molecular flexibility index (Phi) is 4.26. The molecule has 0 bridgehead atoms. The molecule has 0 unspecified atom stereocenters. The maximum absolute atomic E-state index is 6.49. The van der Waals surface area contributed by atoms with Gasteiger partial charge < -0.3 is 15.2 Å². The molecule has 0 atom stereocenters. The highest BCUT2D eigenvalue weighted by atomic mass is 35.5. The number of halogens is 1. The lowest BCUT2D eigenvalue weighted by Crippen LogP contribution is -2.33. The molecule has 4 heteroatoms. The molecule has 0 aromatic heterocycles. The largest absolute Gasteiger partial charge is 0.493 e. The van der Waals surface area contributed by atoms with Crippen molar-refractivity contribution in [1.82, 2.24) is 0 Å². The standard InChI is InChI=1S/C15H22ClNO2/c1-10(2)19-14-8-11(12(16)9-13(14)18-3)15(17)6-4-5-7-15/h8-10H,4-7,17H2,1-3H3. The first-order chi connectivity index (χ1) is 8.96. The monoisotopic (exact) mass is 283 g/mol. The van der Waals surface area contributed by atoms with E-state index in [1.165, 1.54) is 0 Å². The van der Waals surface area contributed by atoms with E-state index in [1.807, 2.05) is 26.0 Å². The number of methoxy groups -OCH3 is 1. The summed E-state index contributed by atoms with van der Waals surface area (Å²) in [5.41, 5.74) is 7.15. The van der Waals surface area contributed by atoms with E-state index in [9.17, 15) is 0 Å². The van der Waals surface area contributed by atoms with Gasteiger partial charge in [-0.15, -0.1) is 0 Å². The Morgan fingerprint density at radius 2 is 1.84 bits per heavy atom. The van der Waals surface area contributed by atoms with Gasteiger partial charge in [-0.25, -0.2) is 0 Å². The summed E-state index contributed by atoms with van der Waals surface area (Å²) in [6.45, 7) is 3.98. The number of hydrogen-bond donors (Lipinski definition) is 1. The minimum absolute atomic E-state index is 0.0835. The molecule has 1 saturated carbocycles. The Morgan fingerprint density at radius 1 is 1.21 bits per heavy atom. The first-order valence-electron chi connectivity index (χ1n) is 6.80. The van der Waals surface area contributed by atoms with E-state index in [0.29, 0.717) is 16.5 Å². The second-order valence-corrected chi connectivity index (χ2v) is 5.92. The summed E-state index contributed by atoms with van der Waals surface area (Å²) < 4.78 is 11.1. The van der Waals surface area contributed by atoms with Gasteiger partial charge in [0.25, 0.3) is 0 Å². The number of benzene rings is 1. The minimum Gasteiger partial charge on any atom is -0.493 e. The molecule has 0 amide bonds. The van der Waals surface area contributed by atoms with E-state index in [2.05, 4.69) is 0 Å². The molecule has 0 radical (unpaired) electrons. The van der Waals surface area contributed by atoms with Crippen molar-refractivity contribution in [3.05, 3.63) is 22.7 Å². The van der Waals surface area contributed by atoms with Gasteiger partial charge in [-0.2, -0.15) is 0 Å². The van der Waals surface area contributed by atoms with Gasteiger partial charge in [-0.05, 0) is 38.3 Å². The van der Waals surface area contributed by atoms with Gasteiger partial charge in [-0.3, -0.25) is 0 Å². The first-order valence-corrected chi connectivity index (χ1v) is 7.17. The summed E-state index contributed by atoms with van der Waals surface area (Å²) in [5, 5.41) is 0.664. The maximum Gasteiger partial charge on any atom is 0.162 e. The normalized spacial score (nSPS) is 17.8. The Labute approximate surface area is 120 Å². The van der Waals surface area contributed by atoms with Crippen LogP contribution in [0.5, 0.6) is 11.5 Å². The molecule has 106 valence electrons. The third-order valence-corrected chi connectivity index (χ3v) is 3.96. The lowest BCUT2D eigenvalue weighted by atomic mass is 9.89. The van der Waals surface area contributed by atoms with Crippen LogP contribution in [0.4, 0.5) is 0 Å². The molecule has 3 nitrogen and oxygen atoms in total. The molecule has 0 heterocycles. The van der Waals surface area contributed by atoms with Gasteiger partial charge in [0.2, 0.25) is 0 Å². The van der Waals surface area contributed by atoms with Crippen LogP contribution < -0.4 is 15.2 Å². The molecule has 2 rings (SSSR count). The van der Waals surface area contributed by atoms with Crippen LogP contribution in [-0.2, 0) is 5.54 Å². The molecule has 1 aromatic rings. The molecule has 19 heavy (non-hydrogen) atoms. The number of nitrogens with two attached hydrogens (primary N) is 1. The van der Waals surface area contributed by atoms with E-state index in [4.69, 9.17) is 26.8 Å². The number of rotatable bonds is 4. The van der Waals surface area contributed by atoms with E-state index >= 15 is 0 Å². The summed E-state index contributed by atoms with van der Waals surface area (Å²) in [6, 6.07) is 3.76. The molecule has 0 saturated heterocycles. The van der Waals surface area contributed by atoms with Crippen LogP contribution in [0, 0.1) is 0 Å². The molecule has 1 aliphatic carbocycles. The molecular weight excluding hydrogens is 262 g/mol. The Morgan fingerprint density at radius 3 is 2.37 bits per heavy atom. The van der Waals surface area contributed by atoms with Gasteiger partial charge in [0.05, 0.1) is 13.2 Å². The van der Waals surface area contributed by atoms with Crippen molar-refractivity contribution in [3.8, 4) is 11.5 Å². The average Bonchev–Trinajstić information content (AvgIpc) is 2.78. The minimum atomic E-state index is -0.321. The third-order valence-electron chi connectivity index (χ3n) is 3.65. The highest BCUT2D eigenvalue weighted by molar-refractivity contribution is 6.31. The fourth-order valence-corrected chi connectivity index (χ4v) is 3.04. The Balaban J connectivity index is 2.44. The van der Waals surface area contributed by atoms with Crippen molar-refractivity contribution in [3.63, 3.8) is 0 Å². The summed E-state index contributed by atoms with van der Waals surface area (Å²) in [5.74, 6) is 1.37. The average molecular weight is 284 g/mol. The zero-order chi connectivity index (χ0) is 14.0. The van der Waals surface area contributed by atoms with Gasteiger partial charge in [0.1, 0.15) is 0 Å². The van der Waals surface area contributed by atoms with Gasteiger partial charge in [0.15, 0.2) is 11.5 Å². The molecule has 1 fully saturated rings. The SMILES string of the molecule is COc1cc(Cl)c(C2(N)CCCC2)cc1OC(C)C. The summed E-state index contributed by atoms with van der Waals surface area (Å²) in [6.07, 6.45) is 4.33. The molecule has 0 spiro atoms. The van der Waals surface area contributed by atoms with Crippen LogP contribution in [0.2, 0.25) is 5.02 Å². The van der Waals surface area contributed by atoms with Crippen molar-refractivity contribution >= 4 is 11.6 Å². The van der Waals surface area contributed by atoms with Crippen LogP contribution in [0.3, 0.4) is 0 Å². The van der Waals surface area contributed by atoms with Crippen molar-refractivity contribution in [2.45, 2.75) is 51.2 Å². The molecule has 0 aliphatic heterocycles. The van der Waals surface area contributed by atoms with Crippen LogP contribution >= 0.6 is 11.6 Å². The predicted molar refractivity (Wildman–Crippen MR) is 78.1 cm³/mol. The van der Waals surface area contributed by atoms with Crippen molar-refractivity contribution in [2.75, 3.05) is 7.11 Å². The zero-order valence-corrected chi connectivity index (χ0v) is 12.6. The summed E-state index contributed by atoms with van der Waals surface area (Å²) >= 11 is 6.37. The summed E-state index contributed by atoms with van der Waals surface area (Å²) in [4.78, 5) is 0. The van der Waals surface area contributed by atoms with Crippen molar-refractivity contribution in [1.29, 1.82) is 0 Å². The lowest BCUT2D eigenvalue weighted by Gasteiger charge is -2.27. The predicted octanol–water partition coefficient (Wildman–Crippen LogP) is 3.86. The van der Waals surface area contributed by atoms with Gasteiger partial charge in [0, 0.05) is 16.6 Å². The highest BCUT2D eigenvalue weighted by Gasteiger charge is 2.34. The fourth-order valence-electron chi connectivity index (χ4n) is 2.70. The van der Waals surface area contributed by atoms with Crippen molar-refractivity contribution < 1.29 is 9.47 Å². The quantitative estimate of drug-likeness (QED) is 0.912. The summed E-state index contributed by atoms with van der Waals surface area (Å²) in [7, 11) is 1.62. The topological polar surface area (TPSA) is 44.5 Å². The third kappa shape index (κ3) is 2.98. The highest BCUT2D eigenvalue weighted by Crippen LogP contribution is 2.43. The number of hydrogen-bond acceptors (Lipinski definition) is 3. The van der Waals surface area contributed by atoms with E-state index in [0.717, 1.165) is 31.2 Å². The Hall–Kier alpha value is -0.930. The molecular formula is C15H22ClNO2. The fraction of sp³-hybridized carbons (Fsp3) is 0.600. The molecule has 1 aliphatic rings. The van der Waals surface area contributed by atoms with Gasteiger partial charge >= 0.3 is 0 Å². The van der Waals surface area contributed by atoms with Crippen LogP contribution in [0.1, 0.15) is 45.1 Å². The van der Waals surface area contributed by atoms with Crippen LogP contribution in [0.15, 0.2) is 12.1 Å². The Bertz CT molecular complexity index is 454. The van der Waals surface area contributed by atoms with Gasteiger partial charge in [-0.1, -0.05) is 24.4 Å². The van der Waals surface area contributed by atoms with Crippen molar-refractivity contribution in [2.24, 2.45) is 5.73 Å². The maximum atomic E-state index is 6.49. The second-order valence-electron chi connectivity index (χ2n) is 5.51. The number of ether oxygens (including phenoxy) is 2. The molecule has 2 N–H and O–H groups in total. The second kappa shape index (κ2) is 5.59. The zero-order valence-electron chi connectivity index (χ0n) is 11.8. The first kappa shape index (κ1) is 14.5. The van der Waals surface area contributed by atoms with E-state index in [-0.39, 0.29) is 11.6 Å². The van der Waals surface area contributed by atoms with Crippen LogP contribution in [-0.4, -0.2) is 13.2 Å². The van der Waals surface area contributed by atoms with E-state index in [1.54, 1.807) is 7.11 Å². The smallest absolute Gasteiger partial charge is 0.162 e. The lowest BCUT2D eigenvalue weighted by molar-refractivity contribution is 0.229.